The lowest BCUT2D eigenvalue weighted by Crippen LogP contribution is -2.10. The van der Waals surface area contributed by atoms with Crippen LogP contribution in [0.3, 0.4) is 0 Å². The number of hydrogen-bond donors (Lipinski definition) is 2. The van der Waals surface area contributed by atoms with Gasteiger partial charge in [0, 0.05) is 12.3 Å². The van der Waals surface area contributed by atoms with Gasteiger partial charge in [-0.05, 0) is 41.1 Å². The summed E-state index contributed by atoms with van der Waals surface area (Å²) in [5.41, 5.74) is 7.73. The second-order valence-corrected chi connectivity index (χ2v) is 4.83. The molecule has 3 nitrogen and oxygen atoms in total. The molecule has 1 aromatic heterocycles. The highest BCUT2D eigenvalue weighted by Crippen LogP contribution is 2.29. The summed E-state index contributed by atoms with van der Waals surface area (Å²) in [4.78, 5) is 4.26. The van der Waals surface area contributed by atoms with Crippen LogP contribution in [0.4, 0.5) is 15.8 Å². The van der Waals surface area contributed by atoms with Crippen LogP contribution in [-0.4, -0.2) is 4.98 Å². The molecule has 0 saturated carbocycles. The van der Waals surface area contributed by atoms with Gasteiger partial charge in [-0.25, -0.2) is 4.39 Å². The van der Waals surface area contributed by atoms with Crippen molar-refractivity contribution < 1.29 is 4.39 Å². The van der Waals surface area contributed by atoms with E-state index in [1.54, 1.807) is 12.3 Å². The zero-order chi connectivity index (χ0) is 13.1. The van der Waals surface area contributed by atoms with Crippen LogP contribution >= 0.6 is 15.9 Å². The number of nitrogens with one attached hydrogen (secondary N) is 1. The molecule has 2 aromatic rings. The lowest BCUT2D eigenvalue weighted by Gasteiger charge is -2.16. The Morgan fingerprint density at radius 3 is 2.83 bits per heavy atom. The number of benzene rings is 1. The first-order chi connectivity index (χ1) is 8.58. The molecule has 0 saturated heterocycles. The lowest BCUT2D eigenvalue weighted by atomic mass is 10.2. The third-order valence-corrected chi connectivity index (χ3v) is 3.20. The minimum Gasteiger partial charge on any atom is -0.397 e. The van der Waals surface area contributed by atoms with E-state index in [0.717, 1.165) is 5.69 Å². The van der Waals surface area contributed by atoms with Crippen LogP contribution < -0.4 is 11.1 Å². The molecule has 94 valence electrons. The molecule has 0 aliphatic carbocycles. The number of aromatic nitrogens is 1. The van der Waals surface area contributed by atoms with Gasteiger partial charge in [-0.2, -0.15) is 0 Å². The molecule has 3 N–H and O–H groups in total. The maximum absolute atomic E-state index is 13.3. The third-order valence-electron chi connectivity index (χ3n) is 2.60. The van der Waals surface area contributed by atoms with Crippen LogP contribution in [0.2, 0.25) is 0 Å². The van der Waals surface area contributed by atoms with Crippen LogP contribution in [-0.2, 0) is 0 Å². The molecule has 1 atom stereocenters. The average Bonchev–Trinajstić information content (AvgIpc) is 2.37. The van der Waals surface area contributed by atoms with Gasteiger partial charge in [-0.15, -0.1) is 0 Å². The molecule has 0 amide bonds. The monoisotopic (exact) mass is 309 g/mol. The lowest BCUT2D eigenvalue weighted by molar-refractivity contribution is 0.622. The maximum Gasteiger partial charge on any atom is 0.139 e. The van der Waals surface area contributed by atoms with Crippen molar-refractivity contribution in [2.45, 2.75) is 13.0 Å². The molecule has 18 heavy (non-hydrogen) atoms. The molecule has 0 spiro atoms. The predicted molar refractivity (Wildman–Crippen MR) is 74.8 cm³/mol. The number of nitrogens with two attached hydrogens (primary N) is 1. The molecular weight excluding hydrogens is 297 g/mol. The SMILES string of the molecule is CC(Nc1cc(Br)c(F)cc1N)c1ccccn1. The minimum atomic E-state index is -0.372. The Hall–Kier alpha value is -1.62. The zero-order valence-corrected chi connectivity index (χ0v) is 11.4. The summed E-state index contributed by atoms with van der Waals surface area (Å²) in [6.45, 7) is 1.97. The number of anilines is 2. The first-order valence-corrected chi connectivity index (χ1v) is 6.29. The summed E-state index contributed by atoms with van der Waals surface area (Å²) in [7, 11) is 0. The van der Waals surface area contributed by atoms with Crippen LogP contribution in [0, 0.1) is 5.82 Å². The Kier molecular flexibility index (Phi) is 3.81. The molecule has 0 bridgehead atoms. The van der Waals surface area contributed by atoms with Gasteiger partial charge in [0.05, 0.1) is 27.6 Å². The van der Waals surface area contributed by atoms with Crippen molar-refractivity contribution in [3.63, 3.8) is 0 Å². The van der Waals surface area contributed by atoms with Crippen molar-refractivity contribution in [2.24, 2.45) is 0 Å². The van der Waals surface area contributed by atoms with Gasteiger partial charge in [0.15, 0.2) is 0 Å². The largest absolute Gasteiger partial charge is 0.397 e. The molecule has 0 aliphatic heterocycles. The number of nitrogens with zero attached hydrogens (tertiary/aromatic N) is 1. The number of rotatable bonds is 3. The molecular formula is C13H13BrFN3. The topological polar surface area (TPSA) is 50.9 Å². The summed E-state index contributed by atoms with van der Waals surface area (Å²) >= 11 is 3.14. The highest BCUT2D eigenvalue weighted by atomic mass is 79.9. The van der Waals surface area contributed by atoms with Crippen molar-refractivity contribution in [1.82, 2.24) is 4.98 Å². The van der Waals surface area contributed by atoms with Crippen molar-refractivity contribution in [3.8, 4) is 0 Å². The number of hydrogen-bond acceptors (Lipinski definition) is 3. The van der Waals surface area contributed by atoms with Crippen LogP contribution in [0.15, 0.2) is 41.0 Å². The van der Waals surface area contributed by atoms with E-state index in [4.69, 9.17) is 5.73 Å². The predicted octanol–water partition coefficient (Wildman–Crippen LogP) is 3.74. The summed E-state index contributed by atoms with van der Waals surface area (Å²) in [5, 5.41) is 3.21. The Morgan fingerprint density at radius 1 is 1.39 bits per heavy atom. The molecule has 5 heteroatoms. The molecule has 0 fully saturated rings. The fourth-order valence-corrected chi connectivity index (χ4v) is 1.97. The van der Waals surface area contributed by atoms with E-state index in [1.807, 2.05) is 25.1 Å². The second kappa shape index (κ2) is 5.35. The second-order valence-electron chi connectivity index (χ2n) is 3.97. The maximum atomic E-state index is 13.3. The standard InChI is InChI=1S/C13H13BrFN3/c1-8(12-4-2-3-5-17-12)18-13-6-9(14)10(15)7-11(13)16/h2-8,18H,16H2,1H3. The van der Waals surface area contributed by atoms with Crippen LogP contribution in [0.25, 0.3) is 0 Å². The summed E-state index contributed by atoms with van der Waals surface area (Å²) in [6, 6.07) is 8.61. The molecule has 2 rings (SSSR count). The van der Waals surface area contributed by atoms with Gasteiger partial charge in [0.1, 0.15) is 5.82 Å². The quantitative estimate of drug-likeness (QED) is 0.849. The van der Waals surface area contributed by atoms with Crippen molar-refractivity contribution in [3.05, 3.63) is 52.5 Å². The van der Waals surface area contributed by atoms with Crippen molar-refractivity contribution >= 4 is 27.3 Å². The van der Waals surface area contributed by atoms with Crippen molar-refractivity contribution in [1.29, 1.82) is 0 Å². The number of halogens is 2. The Labute approximate surface area is 113 Å². The molecule has 0 radical (unpaired) electrons. The highest BCUT2D eigenvalue weighted by Gasteiger charge is 2.10. The fourth-order valence-electron chi connectivity index (χ4n) is 1.63. The highest BCUT2D eigenvalue weighted by molar-refractivity contribution is 9.10. The number of pyridine rings is 1. The molecule has 1 unspecified atom stereocenters. The fraction of sp³-hybridized carbons (Fsp3) is 0.154. The van der Waals surface area contributed by atoms with E-state index < -0.39 is 0 Å². The Bertz CT molecular complexity index is 545. The van der Waals surface area contributed by atoms with E-state index in [2.05, 4.69) is 26.2 Å². The van der Waals surface area contributed by atoms with Gasteiger partial charge in [-0.1, -0.05) is 6.07 Å². The smallest absolute Gasteiger partial charge is 0.139 e. The van der Waals surface area contributed by atoms with Gasteiger partial charge < -0.3 is 11.1 Å². The van der Waals surface area contributed by atoms with Crippen molar-refractivity contribution in [2.75, 3.05) is 11.1 Å². The first-order valence-electron chi connectivity index (χ1n) is 5.50. The van der Waals surface area contributed by atoms with E-state index in [-0.39, 0.29) is 11.9 Å². The van der Waals surface area contributed by atoms with E-state index >= 15 is 0 Å². The zero-order valence-electron chi connectivity index (χ0n) is 9.82. The minimum absolute atomic E-state index is 0.00846. The Morgan fingerprint density at radius 2 is 2.17 bits per heavy atom. The van der Waals surface area contributed by atoms with Gasteiger partial charge in [-0.3, -0.25) is 4.98 Å². The number of nitrogen functional groups attached to an aromatic ring is 1. The van der Waals surface area contributed by atoms with Gasteiger partial charge in [0.25, 0.3) is 0 Å². The average molecular weight is 310 g/mol. The molecule has 1 heterocycles. The van der Waals surface area contributed by atoms with E-state index in [0.29, 0.717) is 15.8 Å². The van der Waals surface area contributed by atoms with Gasteiger partial charge >= 0.3 is 0 Å². The summed E-state index contributed by atoms with van der Waals surface area (Å²) in [6.07, 6.45) is 1.73. The van der Waals surface area contributed by atoms with E-state index in [1.165, 1.54) is 6.07 Å². The first kappa shape index (κ1) is 12.8. The molecule has 1 aromatic carbocycles. The van der Waals surface area contributed by atoms with E-state index in [9.17, 15) is 4.39 Å². The van der Waals surface area contributed by atoms with Crippen LogP contribution in [0.5, 0.6) is 0 Å². The van der Waals surface area contributed by atoms with Crippen LogP contribution in [0.1, 0.15) is 18.7 Å². The van der Waals surface area contributed by atoms with Gasteiger partial charge in [0.2, 0.25) is 0 Å². The normalized spacial score (nSPS) is 12.2. The Balaban J connectivity index is 2.22. The summed E-state index contributed by atoms with van der Waals surface area (Å²) in [5.74, 6) is -0.372. The third kappa shape index (κ3) is 2.79. The summed E-state index contributed by atoms with van der Waals surface area (Å²) < 4.78 is 13.6. The molecule has 0 aliphatic rings.